The van der Waals surface area contributed by atoms with Gasteiger partial charge in [0.2, 0.25) is 0 Å². The van der Waals surface area contributed by atoms with Crippen LogP contribution in [0.2, 0.25) is 0 Å². The molecule has 0 unspecified atom stereocenters. The van der Waals surface area contributed by atoms with Crippen LogP contribution in [0.5, 0.6) is 0 Å². The molecule has 0 saturated carbocycles. The minimum atomic E-state index is 0.278. The molecule has 1 saturated heterocycles. The second-order valence-electron chi connectivity index (χ2n) is 5.74. The molecular weight excluding hydrogens is 294 g/mol. The van der Waals surface area contributed by atoms with Crippen LogP contribution >= 0.6 is 12.2 Å². The van der Waals surface area contributed by atoms with Crippen molar-refractivity contribution in [3.05, 3.63) is 35.9 Å². The molecule has 0 bridgehead atoms. The van der Waals surface area contributed by atoms with Gasteiger partial charge in [0.05, 0.1) is 19.3 Å². The van der Waals surface area contributed by atoms with Crippen molar-refractivity contribution in [3.63, 3.8) is 0 Å². The molecule has 0 radical (unpaired) electrons. The van der Waals surface area contributed by atoms with Gasteiger partial charge in [0.15, 0.2) is 5.11 Å². The highest BCUT2D eigenvalue weighted by Gasteiger charge is 2.14. The summed E-state index contributed by atoms with van der Waals surface area (Å²) >= 11 is 5.50. The highest BCUT2D eigenvalue weighted by molar-refractivity contribution is 7.80. The zero-order valence-corrected chi connectivity index (χ0v) is 14.4. The third-order valence-electron chi connectivity index (χ3n) is 4.21. The smallest absolute Gasteiger partial charge is 0.169 e. The Bertz CT molecular complexity index is 448. The van der Waals surface area contributed by atoms with Gasteiger partial charge in [-0.25, -0.2) is 0 Å². The number of ether oxygens (including phenoxy) is 1. The molecule has 1 aromatic rings. The Labute approximate surface area is 139 Å². The van der Waals surface area contributed by atoms with Gasteiger partial charge >= 0.3 is 0 Å². The predicted molar refractivity (Wildman–Crippen MR) is 95.1 cm³/mol. The molecule has 1 heterocycles. The molecule has 0 amide bonds. The molecule has 1 aliphatic rings. The van der Waals surface area contributed by atoms with E-state index >= 15 is 0 Å². The van der Waals surface area contributed by atoms with Crippen molar-refractivity contribution < 1.29 is 4.74 Å². The van der Waals surface area contributed by atoms with E-state index in [0.29, 0.717) is 0 Å². The summed E-state index contributed by atoms with van der Waals surface area (Å²) in [7, 11) is 2.05. The van der Waals surface area contributed by atoms with Crippen molar-refractivity contribution in [2.45, 2.75) is 19.4 Å². The van der Waals surface area contributed by atoms with Crippen molar-refractivity contribution in [2.24, 2.45) is 0 Å². The van der Waals surface area contributed by atoms with Gasteiger partial charge in [0.25, 0.3) is 0 Å². The number of thiocarbonyl (C=S) groups is 1. The Kier molecular flexibility index (Phi) is 7.09. The van der Waals surface area contributed by atoms with Gasteiger partial charge < -0.3 is 15.0 Å². The van der Waals surface area contributed by atoms with E-state index in [1.807, 2.05) is 6.07 Å². The average molecular weight is 321 g/mol. The van der Waals surface area contributed by atoms with Gasteiger partial charge in [-0.2, -0.15) is 0 Å². The lowest BCUT2D eigenvalue weighted by Gasteiger charge is -2.29. The van der Waals surface area contributed by atoms with E-state index in [-0.39, 0.29) is 6.04 Å². The standard InChI is InChI=1S/C17H27N3OS/c1-15(16-7-4-3-5-8-16)19(2)17(22)18-9-6-10-20-11-13-21-14-12-20/h3-5,7-8,15H,6,9-14H2,1-2H3,(H,18,22)/t15-/m1/s1. The van der Waals surface area contributed by atoms with Crippen molar-refractivity contribution >= 4 is 17.3 Å². The monoisotopic (exact) mass is 321 g/mol. The molecule has 5 heteroatoms. The lowest BCUT2D eigenvalue weighted by Crippen LogP contribution is -2.41. The van der Waals surface area contributed by atoms with Gasteiger partial charge in [0, 0.05) is 26.7 Å². The van der Waals surface area contributed by atoms with E-state index in [0.717, 1.165) is 50.9 Å². The topological polar surface area (TPSA) is 27.7 Å². The normalized spacial score (nSPS) is 17.0. The first kappa shape index (κ1) is 17.2. The van der Waals surface area contributed by atoms with Crippen molar-refractivity contribution in [1.82, 2.24) is 15.1 Å². The molecule has 22 heavy (non-hydrogen) atoms. The summed E-state index contributed by atoms with van der Waals surface area (Å²) in [5.74, 6) is 0. The zero-order valence-electron chi connectivity index (χ0n) is 13.6. The Balaban J connectivity index is 1.67. The molecule has 1 fully saturated rings. The van der Waals surface area contributed by atoms with E-state index in [4.69, 9.17) is 17.0 Å². The van der Waals surface area contributed by atoms with E-state index in [1.54, 1.807) is 0 Å². The fourth-order valence-corrected chi connectivity index (χ4v) is 2.84. The quantitative estimate of drug-likeness (QED) is 0.641. The lowest BCUT2D eigenvalue weighted by atomic mass is 10.1. The molecular formula is C17H27N3OS. The molecule has 1 aromatic carbocycles. The number of hydrogen-bond acceptors (Lipinski definition) is 3. The van der Waals surface area contributed by atoms with Crippen molar-refractivity contribution in [3.8, 4) is 0 Å². The van der Waals surface area contributed by atoms with E-state index in [9.17, 15) is 0 Å². The van der Waals surface area contributed by atoms with Gasteiger partial charge in [-0.05, 0) is 37.7 Å². The summed E-state index contributed by atoms with van der Waals surface area (Å²) in [6, 6.07) is 10.7. The van der Waals surface area contributed by atoms with Crippen LogP contribution in [0.15, 0.2) is 30.3 Å². The van der Waals surface area contributed by atoms with Crippen molar-refractivity contribution in [2.75, 3.05) is 46.4 Å². The Hall–Kier alpha value is -1.17. The molecule has 2 rings (SSSR count). The first-order valence-corrected chi connectivity index (χ1v) is 8.45. The second kappa shape index (κ2) is 9.08. The SMILES string of the molecule is C[C@H](c1ccccc1)N(C)C(=S)NCCCN1CCOCC1. The van der Waals surface area contributed by atoms with Crippen LogP contribution in [0.4, 0.5) is 0 Å². The summed E-state index contributed by atoms with van der Waals surface area (Å²) in [4.78, 5) is 4.57. The third-order valence-corrected chi connectivity index (χ3v) is 4.65. The Morgan fingerprint density at radius 2 is 2.00 bits per heavy atom. The maximum atomic E-state index is 5.50. The van der Waals surface area contributed by atoms with Gasteiger partial charge in [-0.3, -0.25) is 4.90 Å². The molecule has 1 atom stereocenters. The second-order valence-corrected chi connectivity index (χ2v) is 6.12. The van der Waals surface area contributed by atoms with Crippen LogP contribution in [-0.2, 0) is 4.74 Å². The number of nitrogens with one attached hydrogen (secondary N) is 1. The summed E-state index contributed by atoms with van der Waals surface area (Å²) < 4.78 is 5.36. The maximum Gasteiger partial charge on any atom is 0.169 e. The first-order valence-electron chi connectivity index (χ1n) is 8.04. The molecule has 1 aliphatic heterocycles. The highest BCUT2D eigenvalue weighted by Crippen LogP contribution is 2.17. The number of nitrogens with zero attached hydrogens (tertiary/aromatic N) is 2. The van der Waals surface area contributed by atoms with E-state index < -0.39 is 0 Å². The van der Waals surface area contributed by atoms with Crippen LogP contribution in [0, 0.1) is 0 Å². The molecule has 4 nitrogen and oxygen atoms in total. The van der Waals surface area contributed by atoms with Crippen LogP contribution in [0.25, 0.3) is 0 Å². The lowest BCUT2D eigenvalue weighted by molar-refractivity contribution is 0.0376. The molecule has 1 N–H and O–H groups in total. The van der Waals surface area contributed by atoms with Crippen LogP contribution < -0.4 is 5.32 Å². The minimum Gasteiger partial charge on any atom is -0.379 e. The number of hydrogen-bond donors (Lipinski definition) is 1. The summed E-state index contributed by atoms with van der Waals surface area (Å²) in [6.07, 6.45) is 1.10. The fraction of sp³-hybridized carbons (Fsp3) is 0.588. The number of morpholine rings is 1. The number of rotatable bonds is 6. The number of benzene rings is 1. The third kappa shape index (κ3) is 5.23. The Morgan fingerprint density at radius 3 is 2.68 bits per heavy atom. The highest BCUT2D eigenvalue weighted by atomic mass is 32.1. The molecule has 0 aromatic heterocycles. The minimum absolute atomic E-state index is 0.278. The zero-order chi connectivity index (χ0) is 15.8. The first-order chi connectivity index (χ1) is 10.7. The van der Waals surface area contributed by atoms with Crippen LogP contribution in [0.1, 0.15) is 24.9 Å². The van der Waals surface area contributed by atoms with Gasteiger partial charge in [-0.1, -0.05) is 30.3 Å². The van der Waals surface area contributed by atoms with E-state index in [2.05, 4.69) is 53.4 Å². The van der Waals surface area contributed by atoms with Crippen LogP contribution in [-0.4, -0.2) is 61.4 Å². The fourth-order valence-electron chi connectivity index (χ4n) is 2.58. The largest absolute Gasteiger partial charge is 0.379 e. The summed E-state index contributed by atoms with van der Waals surface area (Å²) in [5, 5.41) is 4.19. The van der Waals surface area contributed by atoms with Crippen LogP contribution in [0.3, 0.4) is 0 Å². The Morgan fingerprint density at radius 1 is 1.32 bits per heavy atom. The van der Waals surface area contributed by atoms with E-state index in [1.165, 1.54) is 5.56 Å². The molecule has 0 aliphatic carbocycles. The molecule has 122 valence electrons. The summed E-state index contributed by atoms with van der Waals surface area (Å²) in [5.41, 5.74) is 1.28. The summed E-state index contributed by atoms with van der Waals surface area (Å²) in [6.45, 7) is 8.03. The average Bonchev–Trinajstić information content (AvgIpc) is 2.59. The van der Waals surface area contributed by atoms with Gasteiger partial charge in [-0.15, -0.1) is 0 Å². The molecule has 0 spiro atoms. The predicted octanol–water partition coefficient (Wildman–Crippen LogP) is 2.28. The van der Waals surface area contributed by atoms with Crippen molar-refractivity contribution in [1.29, 1.82) is 0 Å². The maximum absolute atomic E-state index is 5.50. The van der Waals surface area contributed by atoms with Gasteiger partial charge in [0.1, 0.15) is 0 Å².